The number of likely N-dealkylation sites (tertiary alicyclic amines) is 1. The summed E-state index contributed by atoms with van der Waals surface area (Å²) >= 11 is 0. The van der Waals surface area contributed by atoms with Crippen molar-refractivity contribution in [3.05, 3.63) is 35.4 Å². The maximum Gasteiger partial charge on any atom is 0.272 e. The third-order valence-corrected chi connectivity index (χ3v) is 4.52. The first-order valence-electron chi connectivity index (χ1n) is 7.53. The molecule has 1 spiro atoms. The second-order valence-corrected chi connectivity index (χ2v) is 7.07. The van der Waals surface area contributed by atoms with E-state index in [1.807, 2.05) is 19.9 Å². The van der Waals surface area contributed by atoms with Gasteiger partial charge in [-0.2, -0.15) is 5.26 Å². The monoisotopic (exact) mass is 310 g/mol. The maximum absolute atomic E-state index is 12.5. The van der Waals surface area contributed by atoms with Gasteiger partial charge in [-0.25, -0.2) is 9.97 Å². The second-order valence-electron chi connectivity index (χ2n) is 7.07. The molecule has 1 aliphatic carbocycles. The van der Waals surface area contributed by atoms with Crippen molar-refractivity contribution in [2.24, 2.45) is 10.8 Å². The third-order valence-electron chi connectivity index (χ3n) is 4.52. The summed E-state index contributed by atoms with van der Waals surface area (Å²) in [4.78, 5) is 34.5. The van der Waals surface area contributed by atoms with Gasteiger partial charge < -0.3 is 4.90 Å². The molecule has 118 valence electrons. The molecule has 6 heteroatoms. The molecule has 0 radical (unpaired) electrons. The lowest BCUT2D eigenvalue weighted by molar-refractivity contribution is -0.127. The van der Waals surface area contributed by atoms with Gasteiger partial charge in [0.2, 0.25) is 0 Å². The Kier molecular flexibility index (Phi) is 3.33. The van der Waals surface area contributed by atoms with Crippen molar-refractivity contribution >= 4 is 11.7 Å². The van der Waals surface area contributed by atoms with E-state index in [9.17, 15) is 14.9 Å². The molecule has 0 saturated carbocycles. The fraction of sp³-hybridized carbons (Fsp3) is 0.471. The minimum Gasteiger partial charge on any atom is -0.335 e. The molecule has 6 nitrogen and oxygen atoms in total. The smallest absolute Gasteiger partial charge is 0.272 e. The van der Waals surface area contributed by atoms with Crippen molar-refractivity contribution in [2.45, 2.75) is 27.2 Å². The molecule has 2 aliphatic rings. The number of carbonyl (C=O) groups excluding carboxylic acids is 2. The molecule has 2 heterocycles. The minimum absolute atomic E-state index is 0.109. The maximum atomic E-state index is 12.5. The summed E-state index contributed by atoms with van der Waals surface area (Å²) in [6.45, 7) is 6.48. The van der Waals surface area contributed by atoms with Crippen LogP contribution >= 0.6 is 0 Å². The van der Waals surface area contributed by atoms with Crippen molar-refractivity contribution in [1.29, 1.82) is 5.26 Å². The largest absolute Gasteiger partial charge is 0.335 e. The highest BCUT2D eigenvalue weighted by atomic mass is 16.2. The van der Waals surface area contributed by atoms with Crippen LogP contribution in [0.2, 0.25) is 0 Å². The van der Waals surface area contributed by atoms with Gasteiger partial charge in [-0.05, 0) is 19.4 Å². The Balaban J connectivity index is 1.80. The van der Waals surface area contributed by atoms with Crippen LogP contribution in [0.25, 0.3) is 0 Å². The molecule has 0 atom stereocenters. The van der Waals surface area contributed by atoms with Crippen molar-refractivity contribution < 1.29 is 9.59 Å². The highest BCUT2D eigenvalue weighted by Crippen LogP contribution is 2.48. The van der Waals surface area contributed by atoms with Gasteiger partial charge in [0.25, 0.3) is 5.91 Å². The number of hydrogen-bond acceptors (Lipinski definition) is 5. The number of ketones is 1. The van der Waals surface area contributed by atoms with Crippen LogP contribution in [-0.2, 0) is 4.79 Å². The summed E-state index contributed by atoms with van der Waals surface area (Å²) in [6.07, 6.45) is 3.98. The molecule has 0 bridgehead atoms. The van der Waals surface area contributed by atoms with E-state index in [2.05, 4.69) is 9.97 Å². The van der Waals surface area contributed by atoms with Gasteiger partial charge in [0.15, 0.2) is 5.78 Å². The van der Waals surface area contributed by atoms with Crippen molar-refractivity contribution in [3.63, 3.8) is 0 Å². The lowest BCUT2D eigenvalue weighted by Crippen LogP contribution is -2.61. The molecular formula is C17H18N4O2. The average molecular weight is 310 g/mol. The molecule has 1 amide bonds. The quantitative estimate of drug-likeness (QED) is 0.787. The SMILES string of the molecule is Cc1nccc(C(=O)N2CC3(C=C(C#N)C(=O)C(C)(C)C3)C2)n1. The molecule has 1 aromatic rings. The first kappa shape index (κ1) is 15.3. The van der Waals surface area contributed by atoms with Gasteiger partial charge in [0.1, 0.15) is 17.6 Å². The summed E-state index contributed by atoms with van der Waals surface area (Å²) in [5.41, 5.74) is -0.255. The van der Waals surface area contributed by atoms with Crippen LogP contribution in [0, 0.1) is 29.1 Å². The number of aromatic nitrogens is 2. The normalized spacial score (nSPS) is 21.4. The number of Topliss-reactive ketones (excluding diaryl/α,β-unsaturated/α-hetero) is 1. The minimum atomic E-state index is -0.569. The van der Waals surface area contributed by atoms with E-state index < -0.39 is 5.41 Å². The Morgan fingerprint density at radius 3 is 2.70 bits per heavy atom. The first-order valence-corrected chi connectivity index (χ1v) is 7.53. The lowest BCUT2D eigenvalue weighted by Gasteiger charge is -2.53. The van der Waals surface area contributed by atoms with Crippen LogP contribution in [-0.4, -0.2) is 39.6 Å². The predicted molar refractivity (Wildman–Crippen MR) is 82.2 cm³/mol. The van der Waals surface area contributed by atoms with E-state index in [1.54, 1.807) is 30.2 Å². The molecule has 0 unspecified atom stereocenters. The number of hydrogen-bond donors (Lipinski definition) is 0. The van der Waals surface area contributed by atoms with Gasteiger partial charge in [-0.1, -0.05) is 19.9 Å². The van der Waals surface area contributed by atoms with Crippen LogP contribution in [0.5, 0.6) is 0 Å². The third kappa shape index (κ3) is 2.52. The number of aryl methyl sites for hydroxylation is 1. The van der Waals surface area contributed by atoms with E-state index in [4.69, 9.17) is 0 Å². The summed E-state index contributed by atoms with van der Waals surface area (Å²) in [7, 11) is 0. The standard InChI is InChI=1S/C17H18N4O2/c1-11-19-5-4-13(20-11)15(23)21-9-17(10-21)6-12(7-18)14(22)16(2,3)8-17/h4-6H,8-10H2,1-3H3. The lowest BCUT2D eigenvalue weighted by atomic mass is 9.61. The molecule has 1 aliphatic heterocycles. The van der Waals surface area contributed by atoms with Gasteiger partial charge in [-0.3, -0.25) is 9.59 Å². The molecule has 1 fully saturated rings. The fourth-order valence-electron chi connectivity index (χ4n) is 3.63. The van der Waals surface area contributed by atoms with Gasteiger partial charge in [-0.15, -0.1) is 0 Å². The van der Waals surface area contributed by atoms with E-state index in [0.717, 1.165) is 0 Å². The van der Waals surface area contributed by atoms with Crippen molar-refractivity contribution in [3.8, 4) is 6.07 Å². The number of allylic oxidation sites excluding steroid dienone is 1. The zero-order valence-electron chi connectivity index (χ0n) is 13.5. The van der Waals surface area contributed by atoms with Crippen LogP contribution in [0.4, 0.5) is 0 Å². The number of rotatable bonds is 1. The van der Waals surface area contributed by atoms with Crippen LogP contribution in [0.3, 0.4) is 0 Å². The average Bonchev–Trinajstić information content (AvgIpc) is 2.46. The fourth-order valence-corrected chi connectivity index (χ4v) is 3.63. The van der Waals surface area contributed by atoms with Gasteiger partial charge >= 0.3 is 0 Å². The van der Waals surface area contributed by atoms with Crippen molar-refractivity contribution in [2.75, 3.05) is 13.1 Å². The van der Waals surface area contributed by atoms with Crippen LogP contribution < -0.4 is 0 Å². The zero-order valence-corrected chi connectivity index (χ0v) is 13.5. The summed E-state index contributed by atoms with van der Waals surface area (Å²) in [5, 5.41) is 9.19. The summed E-state index contributed by atoms with van der Waals surface area (Å²) in [5.74, 6) is 0.312. The Bertz CT molecular complexity index is 767. The second kappa shape index (κ2) is 4.98. The Hall–Kier alpha value is -2.55. The van der Waals surface area contributed by atoms with Gasteiger partial charge in [0.05, 0.1) is 5.57 Å². The van der Waals surface area contributed by atoms with E-state index in [-0.39, 0.29) is 22.7 Å². The summed E-state index contributed by atoms with van der Waals surface area (Å²) in [6, 6.07) is 3.61. The first-order chi connectivity index (χ1) is 10.8. The zero-order chi connectivity index (χ0) is 16.8. The van der Waals surface area contributed by atoms with Crippen LogP contribution in [0.1, 0.15) is 36.6 Å². The molecule has 0 aromatic carbocycles. The molecule has 3 rings (SSSR count). The number of nitrogens with zero attached hydrogens (tertiary/aromatic N) is 4. The number of nitriles is 1. The molecule has 23 heavy (non-hydrogen) atoms. The highest BCUT2D eigenvalue weighted by Gasteiger charge is 2.52. The summed E-state index contributed by atoms with van der Waals surface area (Å²) < 4.78 is 0. The van der Waals surface area contributed by atoms with E-state index >= 15 is 0 Å². The Labute approximate surface area is 134 Å². The number of amides is 1. The molecule has 0 N–H and O–H groups in total. The molecule has 1 aromatic heterocycles. The van der Waals surface area contributed by atoms with Gasteiger partial charge in [0, 0.05) is 30.1 Å². The molecular weight excluding hydrogens is 292 g/mol. The number of carbonyl (C=O) groups is 2. The topological polar surface area (TPSA) is 87.0 Å². The Morgan fingerprint density at radius 1 is 1.39 bits per heavy atom. The van der Waals surface area contributed by atoms with Crippen LogP contribution in [0.15, 0.2) is 23.9 Å². The van der Waals surface area contributed by atoms with Crippen molar-refractivity contribution in [1.82, 2.24) is 14.9 Å². The molecule has 1 saturated heterocycles. The Morgan fingerprint density at radius 2 is 2.09 bits per heavy atom. The highest BCUT2D eigenvalue weighted by molar-refractivity contribution is 6.04. The van der Waals surface area contributed by atoms with E-state index in [1.165, 1.54) is 0 Å². The van der Waals surface area contributed by atoms with E-state index in [0.29, 0.717) is 31.0 Å². The predicted octanol–water partition coefficient (Wildman–Crippen LogP) is 1.68.